The summed E-state index contributed by atoms with van der Waals surface area (Å²) in [5, 5.41) is 23.4. The molecule has 3 rings (SSSR count). The van der Waals surface area contributed by atoms with Gasteiger partial charge in [-0.05, 0) is 26.0 Å². The van der Waals surface area contributed by atoms with Gasteiger partial charge in [-0.25, -0.2) is 4.68 Å². The number of halogens is 1. The number of hydrogen-bond acceptors (Lipinski definition) is 5. The Morgan fingerprint density at radius 2 is 1.80 bits per heavy atom. The van der Waals surface area contributed by atoms with Crippen LogP contribution in [0.15, 0.2) is 45.4 Å². The van der Waals surface area contributed by atoms with Gasteiger partial charge in [-0.3, -0.25) is 9.48 Å². The van der Waals surface area contributed by atoms with Crippen LogP contribution in [0.3, 0.4) is 0 Å². The first-order chi connectivity index (χ1) is 11.5. The summed E-state index contributed by atoms with van der Waals surface area (Å²) in [5.41, 5.74) is 2.20. The minimum atomic E-state index is -0.284. The Kier molecular flexibility index (Phi) is 5.14. The van der Waals surface area contributed by atoms with Crippen molar-refractivity contribution in [2.45, 2.75) is 13.8 Å². The maximum atomic E-state index is 12.7. The average molecular weight is 359 g/mol. The highest BCUT2D eigenvalue weighted by molar-refractivity contribution is 5.63. The molecule has 2 aromatic heterocycles. The number of aromatic amines is 1. The monoisotopic (exact) mass is 358 g/mol. The Morgan fingerprint density at radius 3 is 2.44 bits per heavy atom. The van der Waals surface area contributed by atoms with Crippen LogP contribution in [-0.4, -0.2) is 19.6 Å². The molecule has 1 aromatic carbocycles. The summed E-state index contributed by atoms with van der Waals surface area (Å²) in [6.45, 7) is 3.50. The summed E-state index contributed by atoms with van der Waals surface area (Å²) in [5.74, 6) is 0.0215. The molecule has 0 unspecified atom stereocenters. The van der Waals surface area contributed by atoms with Gasteiger partial charge in [-0.2, -0.15) is 5.10 Å². The van der Waals surface area contributed by atoms with E-state index in [4.69, 9.17) is 5.39 Å². The van der Waals surface area contributed by atoms with Crippen molar-refractivity contribution in [1.82, 2.24) is 19.6 Å². The lowest BCUT2D eigenvalue weighted by Gasteiger charge is -2.07. The standard InChI is InChI=1S/C15H15N8O.ClH/c1-9-12(14(17-16)21-18-9)19-20-13-10(2)22(3)23(15(13)24)11-7-5-4-6-8-11;/h4-8H,1-3H3,(H,18,21);1H/q+1;/p-1. The summed E-state index contributed by atoms with van der Waals surface area (Å²) < 4.78 is 3.23. The Morgan fingerprint density at radius 1 is 1.16 bits per heavy atom. The molecule has 128 valence electrons. The SMILES string of the molecule is Cc1[nH]nc([N+]#N)c1N=Nc1c(C)n(C)n(-c2ccccc2)c1=O.[Cl-]. The highest BCUT2D eigenvalue weighted by Crippen LogP contribution is 2.30. The average Bonchev–Trinajstić information content (AvgIpc) is 3.05. The van der Waals surface area contributed by atoms with E-state index in [2.05, 4.69) is 25.4 Å². The van der Waals surface area contributed by atoms with Gasteiger partial charge in [0.05, 0.1) is 27.6 Å². The highest BCUT2D eigenvalue weighted by atomic mass is 35.5. The van der Waals surface area contributed by atoms with Gasteiger partial charge >= 0.3 is 5.82 Å². The van der Waals surface area contributed by atoms with E-state index in [9.17, 15) is 4.79 Å². The largest absolute Gasteiger partial charge is 1.00 e. The van der Waals surface area contributed by atoms with Gasteiger partial charge < -0.3 is 12.4 Å². The van der Waals surface area contributed by atoms with Crippen molar-refractivity contribution in [1.29, 1.82) is 5.39 Å². The molecule has 0 atom stereocenters. The van der Waals surface area contributed by atoms with Crippen LogP contribution in [-0.2, 0) is 7.05 Å². The number of benzene rings is 1. The second-order valence-electron chi connectivity index (χ2n) is 5.23. The fourth-order valence-corrected chi connectivity index (χ4v) is 2.37. The minimum absolute atomic E-state index is 0. The van der Waals surface area contributed by atoms with Crippen molar-refractivity contribution >= 4 is 17.2 Å². The number of azo groups is 1. The van der Waals surface area contributed by atoms with Crippen molar-refractivity contribution in [2.24, 2.45) is 17.3 Å². The van der Waals surface area contributed by atoms with Crippen molar-refractivity contribution in [3.63, 3.8) is 0 Å². The first-order valence-electron chi connectivity index (χ1n) is 7.20. The quantitative estimate of drug-likeness (QED) is 0.541. The maximum Gasteiger partial charge on any atom is 0.515 e. The summed E-state index contributed by atoms with van der Waals surface area (Å²) in [6, 6.07) is 9.27. The zero-order valence-corrected chi connectivity index (χ0v) is 14.6. The Balaban J connectivity index is 0.00000225. The third-order valence-electron chi connectivity index (χ3n) is 3.77. The van der Waals surface area contributed by atoms with E-state index in [1.54, 1.807) is 25.6 Å². The van der Waals surface area contributed by atoms with Gasteiger partial charge in [-0.1, -0.05) is 18.2 Å². The molecule has 0 amide bonds. The smallest absolute Gasteiger partial charge is 0.515 e. The van der Waals surface area contributed by atoms with Crippen LogP contribution in [0.1, 0.15) is 11.4 Å². The van der Waals surface area contributed by atoms with Gasteiger partial charge in [0, 0.05) is 12.0 Å². The molecule has 0 aliphatic rings. The van der Waals surface area contributed by atoms with Crippen LogP contribution in [0.25, 0.3) is 10.7 Å². The van der Waals surface area contributed by atoms with Gasteiger partial charge in [0.2, 0.25) is 5.69 Å². The zero-order chi connectivity index (χ0) is 17.3. The number of hydrogen-bond donors (Lipinski definition) is 1. The van der Waals surface area contributed by atoms with E-state index >= 15 is 0 Å². The van der Waals surface area contributed by atoms with Crippen LogP contribution in [0.4, 0.5) is 17.2 Å². The van der Waals surface area contributed by atoms with Crippen LogP contribution in [0, 0.1) is 19.2 Å². The predicted octanol–water partition coefficient (Wildman–Crippen LogP) is 0.420. The van der Waals surface area contributed by atoms with Crippen LogP contribution < -0.4 is 18.0 Å². The number of H-pyrrole nitrogens is 1. The topological polar surface area (TPSA) is 108 Å². The molecule has 0 saturated heterocycles. The zero-order valence-electron chi connectivity index (χ0n) is 13.8. The molecule has 0 aliphatic heterocycles. The predicted molar refractivity (Wildman–Crippen MR) is 88.0 cm³/mol. The molecular weight excluding hydrogens is 344 g/mol. The van der Waals surface area contributed by atoms with E-state index in [-0.39, 0.29) is 35.2 Å². The third-order valence-corrected chi connectivity index (χ3v) is 3.77. The molecule has 25 heavy (non-hydrogen) atoms. The Bertz CT molecular complexity index is 1020. The first-order valence-corrected chi connectivity index (χ1v) is 7.20. The Hall–Kier alpha value is -3.25. The fourth-order valence-electron chi connectivity index (χ4n) is 2.37. The molecule has 0 spiro atoms. The van der Waals surface area contributed by atoms with Crippen molar-refractivity contribution in [3.05, 3.63) is 57.0 Å². The number of nitrogens with one attached hydrogen (secondary N) is 1. The van der Waals surface area contributed by atoms with Gasteiger partial charge in [0.25, 0.3) is 5.56 Å². The normalized spacial score (nSPS) is 10.6. The van der Waals surface area contributed by atoms with Gasteiger partial charge in [-0.15, -0.1) is 10.2 Å². The fraction of sp³-hybridized carbons (Fsp3) is 0.200. The number of diazo groups is 1. The molecule has 10 heteroatoms. The molecule has 2 heterocycles. The summed E-state index contributed by atoms with van der Waals surface area (Å²) in [6.07, 6.45) is 0. The molecular formula is C15H15ClN8O. The summed E-state index contributed by atoms with van der Waals surface area (Å²) in [7, 11) is 1.78. The number of para-hydroxylation sites is 1. The lowest BCUT2D eigenvalue weighted by Crippen LogP contribution is -3.00. The van der Waals surface area contributed by atoms with Gasteiger partial charge in [0.1, 0.15) is 0 Å². The summed E-state index contributed by atoms with van der Waals surface area (Å²) in [4.78, 5) is 15.7. The molecule has 9 nitrogen and oxygen atoms in total. The van der Waals surface area contributed by atoms with Crippen molar-refractivity contribution < 1.29 is 12.4 Å². The molecule has 0 radical (unpaired) electrons. The number of aromatic nitrogens is 4. The molecule has 0 bridgehead atoms. The molecule has 3 aromatic rings. The Labute approximate surface area is 149 Å². The molecule has 0 aliphatic carbocycles. The number of aryl methyl sites for hydroxylation is 1. The third kappa shape index (κ3) is 3.07. The second kappa shape index (κ2) is 7.11. The van der Waals surface area contributed by atoms with Crippen molar-refractivity contribution in [3.8, 4) is 5.69 Å². The van der Waals surface area contributed by atoms with E-state index in [0.29, 0.717) is 11.4 Å². The van der Waals surface area contributed by atoms with E-state index in [1.807, 2.05) is 30.3 Å². The minimum Gasteiger partial charge on any atom is -1.00 e. The second-order valence-corrected chi connectivity index (χ2v) is 5.23. The van der Waals surface area contributed by atoms with Crippen molar-refractivity contribution in [2.75, 3.05) is 0 Å². The number of nitrogens with zero attached hydrogens (tertiary/aromatic N) is 7. The maximum absolute atomic E-state index is 12.7. The van der Waals surface area contributed by atoms with Crippen LogP contribution >= 0.6 is 0 Å². The molecule has 1 N–H and O–H groups in total. The van der Waals surface area contributed by atoms with Gasteiger partial charge in [0.15, 0.2) is 5.69 Å². The highest BCUT2D eigenvalue weighted by Gasteiger charge is 2.22. The molecule has 0 saturated carbocycles. The van der Waals surface area contributed by atoms with Crippen LogP contribution in [0.5, 0.6) is 0 Å². The van der Waals surface area contributed by atoms with Crippen LogP contribution in [0.2, 0.25) is 0 Å². The number of rotatable bonds is 3. The summed E-state index contributed by atoms with van der Waals surface area (Å²) >= 11 is 0. The lowest BCUT2D eigenvalue weighted by molar-refractivity contribution is -0.00000551. The lowest BCUT2D eigenvalue weighted by atomic mass is 10.3. The van der Waals surface area contributed by atoms with E-state index < -0.39 is 0 Å². The van der Waals surface area contributed by atoms with E-state index in [0.717, 1.165) is 5.69 Å². The molecule has 0 fully saturated rings. The first kappa shape index (κ1) is 18.1. The van der Waals surface area contributed by atoms with E-state index in [1.165, 1.54) is 4.68 Å².